The molecular formula is C37H50N6O6S. The minimum absolute atomic E-state index is 0.0517. The van der Waals surface area contributed by atoms with Gasteiger partial charge in [0.15, 0.2) is 0 Å². The molecule has 4 atom stereocenters. The number of rotatable bonds is 17. The van der Waals surface area contributed by atoms with Gasteiger partial charge in [-0.2, -0.15) is 4.31 Å². The molecule has 3 aromatic rings. The van der Waals surface area contributed by atoms with Crippen LogP contribution in [-0.4, -0.2) is 89.4 Å². The first-order valence-electron chi connectivity index (χ1n) is 17.2. The molecular weight excluding hydrogens is 657 g/mol. The fourth-order valence-corrected chi connectivity index (χ4v) is 7.74. The summed E-state index contributed by atoms with van der Waals surface area (Å²) < 4.78 is 29.5. The minimum Gasteiger partial charge on any atom is -0.411 e. The van der Waals surface area contributed by atoms with E-state index in [4.69, 9.17) is 5.21 Å². The predicted molar refractivity (Wildman–Crippen MR) is 192 cm³/mol. The summed E-state index contributed by atoms with van der Waals surface area (Å²) in [5.74, 6) is -0.562. The number of urea groups is 1. The molecule has 3 amide bonds. The highest BCUT2D eigenvalue weighted by Gasteiger charge is 2.35. The molecule has 12 nitrogen and oxygen atoms in total. The van der Waals surface area contributed by atoms with Gasteiger partial charge in [-0.3, -0.25) is 9.78 Å². The molecule has 1 aliphatic rings. The summed E-state index contributed by atoms with van der Waals surface area (Å²) >= 11 is 0. The van der Waals surface area contributed by atoms with Gasteiger partial charge in [0.25, 0.3) is 0 Å². The van der Waals surface area contributed by atoms with Gasteiger partial charge < -0.3 is 25.8 Å². The highest BCUT2D eigenvalue weighted by atomic mass is 32.2. The summed E-state index contributed by atoms with van der Waals surface area (Å²) in [5, 5.41) is 29.6. The number of carbonyl (C=O) groups is 2. The molecule has 0 aliphatic heterocycles. The number of aromatic nitrogens is 1. The molecule has 1 fully saturated rings. The van der Waals surface area contributed by atoms with Crippen LogP contribution in [0.2, 0.25) is 0 Å². The lowest BCUT2D eigenvalue weighted by Crippen LogP contribution is -2.58. The molecule has 50 heavy (non-hydrogen) atoms. The number of aliphatic hydroxyl groups is 1. The van der Waals surface area contributed by atoms with Gasteiger partial charge in [-0.15, -0.1) is 0 Å². The summed E-state index contributed by atoms with van der Waals surface area (Å²) in [4.78, 5) is 33.1. The van der Waals surface area contributed by atoms with Crippen molar-refractivity contribution >= 4 is 28.2 Å². The third-order valence-electron chi connectivity index (χ3n) is 9.39. The maximum Gasteiger partial charge on any atom is 0.318 e. The van der Waals surface area contributed by atoms with Crippen LogP contribution in [0.25, 0.3) is 0 Å². The topological polar surface area (TPSA) is 165 Å². The lowest BCUT2D eigenvalue weighted by molar-refractivity contribution is -0.125. The maximum atomic E-state index is 14.1. The van der Waals surface area contributed by atoms with E-state index in [9.17, 15) is 23.1 Å². The highest BCUT2D eigenvalue weighted by Crippen LogP contribution is 2.28. The normalized spacial score (nSPS) is 16.2. The van der Waals surface area contributed by atoms with Crippen molar-refractivity contribution in [3.63, 3.8) is 0 Å². The largest absolute Gasteiger partial charge is 0.411 e. The number of nitrogens with zero attached hydrogens (tertiary/aromatic N) is 4. The Morgan fingerprint density at radius 2 is 1.70 bits per heavy atom. The van der Waals surface area contributed by atoms with E-state index in [-0.39, 0.29) is 42.8 Å². The van der Waals surface area contributed by atoms with Crippen LogP contribution in [-0.2, 0) is 27.8 Å². The van der Waals surface area contributed by atoms with E-state index in [1.807, 2.05) is 56.3 Å². The third kappa shape index (κ3) is 10.8. The molecule has 1 heterocycles. The summed E-state index contributed by atoms with van der Waals surface area (Å²) in [5.41, 5.74) is 2.08. The Bertz CT molecular complexity index is 1640. The number of nitrogens with one attached hydrogen (secondary N) is 2. The van der Waals surface area contributed by atoms with E-state index in [1.54, 1.807) is 31.4 Å². The number of oxime groups is 1. The number of amides is 3. The quantitative estimate of drug-likeness (QED) is 0.0917. The Kier molecular flexibility index (Phi) is 14.3. The molecule has 1 aromatic heterocycles. The molecule has 0 bridgehead atoms. The Morgan fingerprint density at radius 3 is 2.32 bits per heavy atom. The second-order valence-electron chi connectivity index (χ2n) is 13.1. The van der Waals surface area contributed by atoms with Crippen molar-refractivity contribution in [3.05, 3.63) is 95.8 Å². The van der Waals surface area contributed by atoms with Crippen LogP contribution in [0.3, 0.4) is 0 Å². The standard InChI is InChI=1S/C37H50N6O6S/c1-4-27(2)35(41-37(46)42(3)25-31-16-10-11-21-38-31)36(45)40-33(22-28-12-6-5-7-13-28)34(44)26-43(24-30-14-8-9-15-30)50(48,49)32-19-17-29(18-20-32)23-39-47/h5-7,10-13,16-21,23,27,30,33-35,44,47H,4,8-9,14-15,22,24-26H2,1-3H3,(H,40,45)(H,41,46)/b39-23+/t27?,33-,34+,35?/m0/s1. The molecule has 1 aliphatic carbocycles. The predicted octanol–water partition coefficient (Wildman–Crippen LogP) is 4.42. The van der Waals surface area contributed by atoms with Gasteiger partial charge >= 0.3 is 6.03 Å². The Balaban J connectivity index is 1.58. The van der Waals surface area contributed by atoms with Crippen molar-refractivity contribution in [2.45, 2.75) is 82.0 Å². The van der Waals surface area contributed by atoms with Crippen molar-refractivity contribution in [1.82, 2.24) is 24.8 Å². The van der Waals surface area contributed by atoms with E-state index in [0.717, 1.165) is 31.2 Å². The van der Waals surface area contributed by atoms with Crippen molar-refractivity contribution in [2.24, 2.45) is 17.0 Å². The van der Waals surface area contributed by atoms with Crippen LogP contribution in [0, 0.1) is 11.8 Å². The van der Waals surface area contributed by atoms with E-state index in [1.165, 1.54) is 27.6 Å². The zero-order chi connectivity index (χ0) is 36.1. The number of hydrogen-bond acceptors (Lipinski definition) is 8. The van der Waals surface area contributed by atoms with Crippen molar-refractivity contribution in [1.29, 1.82) is 0 Å². The van der Waals surface area contributed by atoms with Crippen LogP contribution < -0.4 is 10.6 Å². The van der Waals surface area contributed by atoms with E-state index < -0.39 is 40.1 Å². The smallest absolute Gasteiger partial charge is 0.318 e. The first-order chi connectivity index (χ1) is 24.0. The van der Waals surface area contributed by atoms with Gasteiger partial charge in [0.2, 0.25) is 15.9 Å². The van der Waals surface area contributed by atoms with Gasteiger partial charge in [0.05, 0.1) is 35.5 Å². The summed E-state index contributed by atoms with van der Waals surface area (Å²) in [6, 6.07) is 18.6. The SMILES string of the molecule is CCC(C)C(NC(=O)N(C)Cc1ccccn1)C(=O)N[C@@H](Cc1ccccc1)[C@H](O)CN(CC1CCCC1)S(=O)(=O)c1ccc(/C=N/O)cc1. The third-order valence-corrected chi connectivity index (χ3v) is 11.2. The van der Waals surface area contributed by atoms with Crippen LogP contribution in [0.5, 0.6) is 0 Å². The van der Waals surface area contributed by atoms with E-state index >= 15 is 0 Å². The lowest BCUT2D eigenvalue weighted by atomic mass is 9.96. The average molecular weight is 707 g/mol. The molecule has 2 aromatic carbocycles. The molecule has 0 saturated heterocycles. The van der Waals surface area contributed by atoms with Crippen LogP contribution in [0.1, 0.15) is 62.8 Å². The van der Waals surface area contributed by atoms with Gasteiger partial charge in [-0.05, 0) is 66.5 Å². The Morgan fingerprint density at radius 1 is 1.02 bits per heavy atom. The fraction of sp³-hybridized carbons (Fsp3) is 0.459. The lowest BCUT2D eigenvalue weighted by Gasteiger charge is -2.33. The van der Waals surface area contributed by atoms with Crippen molar-refractivity contribution in [2.75, 3.05) is 20.1 Å². The Labute approximate surface area is 295 Å². The number of hydrogen-bond donors (Lipinski definition) is 4. The number of carbonyl (C=O) groups excluding carboxylic acids is 2. The van der Waals surface area contributed by atoms with Gasteiger partial charge in [-0.1, -0.05) is 86.8 Å². The molecule has 270 valence electrons. The minimum atomic E-state index is -4.05. The molecule has 0 radical (unpaired) electrons. The first-order valence-corrected chi connectivity index (χ1v) is 18.7. The number of pyridine rings is 1. The molecule has 4 rings (SSSR count). The molecule has 4 N–H and O–H groups in total. The molecule has 0 spiro atoms. The zero-order valence-corrected chi connectivity index (χ0v) is 29.9. The summed E-state index contributed by atoms with van der Waals surface area (Å²) in [6.07, 6.45) is 6.24. The molecule has 13 heteroatoms. The van der Waals surface area contributed by atoms with Crippen molar-refractivity contribution < 1.29 is 28.3 Å². The maximum absolute atomic E-state index is 14.1. The van der Waals surface area contributed by atoms with Gasteiger partial charge in [-0.25, -0.2) is 13.2 Å². The Hall–Kier alpha value is -4.33. The zero-order valence-electron chi connectivity index (χ0n) is 29.1. The van der Waals surface area contributed by atoms with Crippen LogP contribution in [0.4, 0.5) is 4.79 Å². The van der Waals surface area contributed by atoms with Crippen molar-refractivity contribution in [3.8, 4) is 0 Å². The van der Waals surface area contributed by atoms with Crippen LogP contribution >= 0.6 is 0 Å². The molecule has 1 saturated carbocycles. The number of benzene rings is 2. The summed E-state index contributed by atoms with van der Waals surface area (Å²) in [6.45, 7) is 4.04. The number of aliphatic hydroxyl groups excluding tert-OH is 1. The monoisotopic (exact) mass is 706 g/mol. The number of sulfonamides is 1. The van der Waals surface area contributed by atoms with Crippen LogP contribution in [0.15, 0.2) is 89.0 Å². The second-order valence-corrected chi connectivity index (χ2v) is 15.1. The van der Waals surface area contributed by atoms with Gasteiger partial charge in [0.1, 0.15) is 6.04 Å². The second kappa shape index (κ2) is 18.6. The van der Waals surface area contributed by atoms with E-state index in [2.05, 4.69) is 20.8 Å². The fourth-order valence-electron chi connectivity index (χ4n) is 6.20. The van der Waals surface area contributed by atoms with Gasteiger partial charge in [0, 0.05) is 26.3 Å². The molecule has 2 unspecified atom stereocenters. The first kappa shape index (κ1) is 38.5. The summed E-state index contributed by atoms with van der Waals surface area (Å²) in [7, 11) is -2.42. The average Bonchev–Trinajstić information content (AvgIpc) is 3.64. The van der Waals surface area contributed by atoms with E-state index in [0.29, 0.717) is 17.7 Å². The highest BCUT2D eigenvalue weighted by molar-refractivity contribution is 7.89.